The van der Waals surface area contributed by atoms with Crippen molar-refractivity contribution in [3.05, 3.63) is 70.8 Å². The van der Waals surface area contributed by atoms with E-state index in [1.54, 1.807) is 24.3 Å². The number of oxazole rings is 1. The molecule has 0 aliphatic heterocycles. The van der Waals surface area contributed by atoms with Crippen molar-refractivity contribution in [2.45, 2.75) is 25.4 Å². The number of nitrogens with one attached hydrogen (secondary N) is 2. The first-order valence-electron chi connectivity index (χ1n) is 9.57. The van der Waals surface area contributed by atoms with Gasteiger partial charge in [-0.3, -0.25) is 9.36 Å². The summed E-state index contributed by atoms with van der Waals surface area (Å²) < 4.78 is 11.4. The van der Waals surface area contributed by atoms with Crippen molar-refractivity contribution in [2.75, 3.05) is 7.11 Å². The molecule has 2 aromatic heterocycles. The highest BCUT2D eigenvalue weighted by Gasteiger charge is 2.23. The van der Waals surface area contributed by atoms with Gasteiger partial charge in [0, 0.05) is 36.5 Å². The quantitative estimate of drug-likeness (QED) is 0.458. The van der Waals surface area contributed by atoms with Crippen LogP contribution in [-0.2, 0) is 27.3 Å². The predicted molar refractivity (Wildman–Crippen MR) is 111 cm³/mol. The largest absolute Gasteiger partial charge is 0.467 e. The van der Waals surface area contributed by atoms with E-state index >= 15 is 0 Å². The summed E-state index contributed by atoms with van der Waals surface area (Å²) >= 11 is 0. The molecule has 4 aromatic rings. The van der Waals surface area contributed by atoms with Crippen molar-refractivity contribution in [2.24, 2.45) is 0 Å². The predicted octanol–water partition coefficient (Wildman–Crippen LogP) is 2.37. The highest BCUT2D eigenvalue weighted by molar-refractivity contribution is 5.87. The zero-order chi connectivity index (χ0) is 21.1. The molecule has 8 nitrogen and oxygen atoms in total. The molecule has 2 aromatic carbocycles. The summed E-state index contributed by atoms with van der Waals surface area (Å²) in [6.45, 7) is 0.142. The number of H-pyrrole nitrogens is 1. The first kappa shape index (κ1) is 19.5. The zero-order valence-electron chi connectivity index (χ0n) is 16.4. The molecule has 0 aliphatic rings. The number of aryl methyl sites for hydroxylation is 1. The van der Waals surface area contributed by atoms with Crippen LogP contribution in [0.2, 0.25) is 0 Å². The van der Waals surface area contributed by atoms with E-state index in [0.29, 0.717) is 11.1 Å². The van der Waals surface area contributed by atoms with Crippen molar-refractivity contribution in [3.8, 4) is 0 Å². The maximum Gasteiger partial charge on any atom is 0.419 e. The third kappa shape index (κ3) is 3.84. The van der Waals surface area contributed by atoms with Crippen LogP contribution in [0.5, 0.6) is 0 Å². The highest BCUT2D eigenvalue weighted by Crippen LogP contribution is 2.19. The Morgan fingerprint density at radius 2 is 1.93 bits per heavy atom. The number of carbonyl (C=O) groups is 2. The van der Waals surface area contributed by atoms with Gasteiger partial charge < -0.3 is 19.5 Å². The molecule has 154 valence electrons. The topological polar surface area (TPSA) is 106 Å². The van der Waals surface area contributed by atoms with Crippen LogP contribution < -0.4 is 11.1 Å². The van der Waals surface area contributed by atoms with Crippen LogP contribution in [0.15, 0.2) is 63.9 Å². The lowest BCUT2D eigenvalue weighted by Crippen LogP contribution is -2.43. The number of aromatic nitrogens is 2. The second kappa shape index (κ2) is 8.28. The summed E-state index contributed by atoms with van der Waals surface area (Å²) in [7, 11) is 1.29. The van der Waals surface area contributed by atoms with Crippen molar-refractivity contribution >= 4 is 33.9 Å². The fraction of sp³-hybridized carbons (Fsp3) is 0.227. The van der Waals surface area contributed by atoms with Gasteiger partial charge in [-0.25, -0.2) is 9.59 Å². The summed E-state index contributed by atoms with van der Waals surface area (Å²) in [4.78, 5) is 40.0. The van der Waals surface area contributed by atoms with Crippen LogP contribution in [0.1, 0.15) is 12.0 Å². The van der Waals surface area contributed by atoms with Gasteiger partial charge >= 0.3 is 11.7 Å². The maximum absolute atomic E-state index is 12.5. The lowest BCUT2D eigenvalue weighted by molar-refractivity contribution is -0.145. The van der Waals surface area contributed by atoms with E-state index in [-0.39, 0.29) is 25.3 Å². The Labute approximate surface area is 171 Å². The van der Waals surface area contributed by atoms with E-state index in [0.717, 1.165) is 16.5 Å². The molecule has 2 N–H and O–H groups in total. The second-order valence-electron chi connectivity index (χ2n) is 6.94. The minimum atomic E-state index is -0.834. The van der Waals surface area contributed by atoms with Crippen molar-refractivity contribution in [1.82, 2.24) is 14.9 Å². The summed E-state index contributed by atoms with van der Waals surface area (Å²) in [5.41, 5.74) is 2.94. The fourth-order valence-electron chi connectivity index (χ4n) is 3.56. The minimum Gasteiger partial charge on any atom is -0.467 e. The van der Waals surface area contributed by atoms with E-state index in [4.69, 9.17) is 9.15 Å². The Bertz CT molecular complexity index is 1270. The number of ether oxygens (including phenoxy) is 1. The average molecular weight is 407 g/mol. The van der Waals surface area contributed by atoms with Gasteiger partial charge in [0.25, 0.3) is 0 Å². The zero-order valence-corrected chi connectivity index (χ0v) is 16.4. The van der Waals surface area contributed by atoms with E-state index in [2.05, 4.69) is 10.3 Å². The Morgan fingerprint density at radius 3 is 2.77 bits per heavy atom. The number of methoxy groups -OCH3 is 1. The van der Waals surface area contributed by atoms with Crippen LogP contribution in [0, 0.1) is 0 Å². The highest BCUT2D eigenvalue weighted by atomic mass is 16.5. The molecule has 30 heavy (non-hydrogen) atoms. The van der Waals surface area contributed by atoms with E-state index < -0.39 is 17.8 Å². The minimum absolute atomic E-state index is 0.0187. The first-order chi connectivity index (χ1) is 14.6. The van der Waals surface area contributed by atoms with Crippen molar-refractivity contribution < 1.29 is 18.7 Å². The molecular formula is C22H21N3O5. The van der Waals surface area contributed by atoms with Gasteiger partial charge in [0.1, 0.15) is 6.04 Å². The number of esters is 1. The van der Waals surface area contributed by atoms with Crippen LogP contribution in [0.25, 0.3) is 22.0 Å². The third-order valence-corrected chi connectivity index (χ3v) is 5.06. The van der Waals surface area contributed by atoms with Crippen molar-refractivity contribution in [3.63, 3.8) is 0 Å². The van der Waals surface area contributed by atoms with Gasteiger partial charge in [-0.2, -0.15) is 0 Å². The lowest BCUT2D eigenvalue weighted by atomic mass is 10.0. The number of benzene rings is 2. The van der Waals surface area contributed by atoms with Gasteiger partial charge in [0.15, 0.2) is 5.58 Å². The number of rotatable bonds is 7. The van der Waals surface area contributed by atoms with Crippen LogP contribution in [0.3, 0.4) is 0 Å². The number of fused-ring (bicyclic) bond motifs is 2. The van der Waals surface area contributed by atoms with Gasteiger partial charge in [-0.15, -0.1) is 0 Å². The number of nitrogens with zero attached hydrogens (tertiary/aromatic N) is 1. The summed E-state index contributed by atoms with van der Waals surface area (Å²) in [6, 6.07) is 13.9. The van der Waals surface area contributed by atoms with Gasteiger partial charge in [0.2, 0.25) is 5.91 Å². The van der Waals surface area contributed by atoms with E-state index in [1.807, 2.05) is 30.5 Å². The van der Waals surface area contributed by atoms with Crippen LogP contribution >= 0.6 is 0 Å². The molecule has 1 amide bonds. The van der Waals surface area contributed by atoms with Crippen molar-refractivity contribution in [1.29, 1.82) is 0 Å². The molecule has 0 saturated carbocycles. The van der Waals surface area contributed by atoms with Gasteiger partial charge in [0.05, 0.1) is 12.6 Å². The molecule has 4 rings (SSSR count). The molecule has 0 aliphatic carbocycles. The molecule has 0 saturated heterocycles. The van der Waals surface area contributed by atoms with Crippen LogP contribution in [-0.4, -0.2) is 34.6 Å². The average Bonchev–Trinajstić information content (AvgIpc) is 3.31. The van der Waals surface area contributed by atoms with Gasteiger partial charge in [-0.05, 0) is 23.8 Å². The van der Waals surface area contributed by atoms with E-state index in [9.17, 15) is 14.4 Å². The smallest absolute Gasteiger partial charge is 0.419 e. The number of hydrogen-bond acceptors (Lipinski definition) is 5. The normalized spacial score (nSPS) is 12.2. The number of amides is 1. The third-order valence-electron chi connectivity index (χ3n) is 5.06. The summed E-state index contributed by atoms with van der Waals surface area (Å²) in [5, 5.41) is 3.71. The first-order valence-corrected chi connectivity index (χ1v) is 9.57. The molecule has 1 unspecified atom stereocenters. The Balaban J connectivity index is 1.46. The monoisotopic (exact) mass is 407 g/mol. The molecule has 8 heteroatoms. The number of para-hydroxylation sites is 3. The summed E-state index contributed by atoms with van der Waals surface area (Å²) in [6.07, 6.45) is 2.13. The number of aromatic amines is 1. The molecule has 0 spiro atoms. The molecule has 2 heterocycles. The van der Waals surface area contributed by atoms with Crippen LogP contribution in [0.4, 0.5) is 0 Å². The number of carbonyl (C=O) groups excluding carboxylic acids is 2. The standard InChI is InChI=1S/C22H21N3O5/c1-29-21(27)17(12-14-13-23-16-7-3-2-6-15(14)16)24-20(26)10-11-25-18-8-4-5-9-19(18)30-22(25)28/h2-9,13,17,23H,10-12H2,1H3,(H,24,26). The SMILES string of the molecule is COC(=O)C(Cc1c[nH]c2ccccc12)NC(=O)CCn1c(=O)oc2ccccc21. The van der Waals surface area contributed by atoms with E-state index in [1.165, 1.54) is 11.7 Å². The Kier molecular flexibility index (Phi) is 5.38. The Morgan fingerprint density at radius 1 is 1.17 bits per heavy atom. The number of hydrogen-bond donors (Lipinski definition) is 2. The molecule has 0 fully saturated rings. The second-order valence-corrected chi connectivity index (χ2v) is 6.94. The van der Waals surface area contributed by atoms with Gasteiger partial charge in [-0.1, -0.05) is 30.3 Å². The Hall–Kier alpha value is -3.81. The molecule has 1 atom stereocenters. The molecule has 0 bridgehead atoms. The molecular weight excluding hydrogens is 386 g/mol. The lowest BCUT2D eigenvalue weighted by Gasteiger charge is -2.16. The fourth-order valence-corrected chi connectivity index (χ4v) is 3.56. The summed E-state index contributed by atoms with van der Waals surface area (Å²) in [5.74, 6) is -1.41. The molecule has 0 radical (unpaired) electrons. The maximum atomic E-state index is 12.5.